The number of aryl methyl sites for hydroxylation is 1. The summed E-state index contributed by atoms with van der Waals surface area (Å²) in [6, 6.07) is 12.2. The van der Waals surface area contributed by atoms with Crippen LogP contribution in [0.3, 0.4) is 0 Å². The van der Waals surface area contributed by atoms with Crippen LogP contribution in [0.2, 0.25) is 0 Å². The molecule has 2 nitrogen and oxygen atoms in total. The maximum atomic E-state index is 5.99. The fourth-order valence-corrected chi connectivity index (χ4v) is 1.92. The zero-order valence-corrected chi connectivity index (χ0v) is 9.69. The van der Waals surface area contributed by atoms with E-state index in [1.807, 2.05) is 18.2 Å². The van der Waals surface area contributed by atoms with Crippen LogP contribution in [-0.2, 0) is 6.42 Å². The molecule has 0 amide bonds. The van der Waals surface area contributed by atoms with Gasteiger partial charge in [0, 0.05) is 11.9 Å². The lowest BCUT2D eigenvalue weighted by molar-refractivity contribution is 0.760. The van der Waals surface area contributed by atoms with Crippen LogP contribution in [0.4, 0.5) is 5.69 Å². The predicted molar refractivity (Wildman–Crippen MR) is 68.8 cm³/mol. The van der Waals surface area contributed by atoms with Gasteiger partial charge < -0.3 is 10.3 Å². The first kappa shape index (κ1) is 10.8. The first-order valence-corrected chi connectivity index (χ1v) is 5.84. The van der Waals surface area contributed by atoms with E-state index in [2.05, 4.69) is 35.9 Å². The van der Waals surface area contributed by atoms with Gasteiger partial charge in [-0.15, -0.1) is 0 Å². The second-order valence-electron chi connectivity index (χ2n) is 4.03. The maximum Gasteiger partial charge on any atom is 0.0682 e. The zero-order chi connectivity index (χ0) is 11.4. The van der Waals surface area contributed by atoms with E-state index in [1.54, 1.807) is 0 Å². The number of hydrogen-bond acceptors (Lipinski definition) is 1. The van der Waals surface area contributed by atoms with Crippen molar-refractivity contribution in [3.63, 3.8) is 0 Å². The van der Waals surface area contributed by atoms with Crippen molar-refractivity contribution in [2.24, 2.45) is 0 Å². The van der Waals surface area contributed by atoms with Crippen LogP contribution in [0.15, 0.2) is 42.6 Å². The molecule has 0 saturated heterocycles. The van der Waals surface area contributed by atoms with Crippen molar-refractivity contribution in [1.82, 2.24) is 4.57 Å². The van der Waals surface area contributed by atoms with Crippen LogP contribution in [0.5, 0.6) is 0 Å². The highest BCUT2D eigenvalue weighted by molar-refractivity contribution is 5.58. The molecule has 0 saturated carbocycles. The lowest BCUT2D eigenvalue weighted by atomic mass is 10.2. The monoisotopic (exact) mass is 214 g/mol. The number of hydrogen-bond donors (Lipinski definition) is 1. The Bertz CT molecular complexity index is 457. The van der Waals surface area contributed by atoms with E-state index in [9.17, 15) is 0 Å². The highest BCUT2D eigenvalue weighted by Gasteiger charge is 2.04. The number of nitrogens with zero attached hydrogens (tertiary/aromatic N) is 1. The Morgan fingerprint density at radius 2 is 1.94 bits per heavy atom. The van der Waals surface area contributed by atoms with Crippen molar-refractivity contribution in [2.45, 2.75) is 26.2 Å². The molecule has 1 aromatic heterocycles. The lowest BCUT2D eigenvalue weighted by Gasteiger charge is -2.11. The van der Waals surface area contributed by atoms with Gasteiger partial charge in [-0.3, -0.25) is 0 Å². The molecule has 0 spiro atoms. The predicted octanol–water partition coefficient (Wildman–Crippen LogP) is 3.40. The standard InChI is InChI=1S/C14H18N2/c1-2-3-7-12-8-6-11-16(12)14-10-5-4-9-13(14)15/h4-6,8-11H,2-3,7,15H2,1H3. The summed E-state index contributed by atoms with van der Waals surface area (Å²) >= 11 is 0. The third kappa shape index (κ3) is 2.11. The minimum Gasteiger partial charge on any atom is -0.397 e. The number of benzene rings is 1. The summed E-state index contributed by atoms with van der Waals surface area (Å²) in [6.07, 6.45) is 5.63. The van der Waals surface area contributed by atoms with E-state index in [0.29, 0.717) is 0 Å². The van der Waals surface area contributed by atoms with Crippen LogP contribution in [-0.4, -0.2) is 4.57 Å². The summed E-state index contributed by atoms with van der Waals surface area (Å²) in [5.41, 5.74) is 9.23. The van der Waals surface area contributed by atoms with Crippen molar-refractivity contribution in [3.8, 4) is 5.69 Å². The molecular weight excluding hydrogens is 196 g/mol. The van der Waals surface area contributed by atoms with Gasteiger partial charge in [0.25, 0.3) is 0 Å². The molecule has 0 bridgehead atoms. The van der Waals surface area contributed by atoms with Gasteiger partial charge in [0.2, 0.25) is 0 Å². The summed E-state index contributed by atoms with van der Waals surface area (Å²) < 4.78 is 2.19. The van der Waals surface area contributed by atoms with E-state index in [1.165, 1.54) is 18.5 Å². The molecule has 0 radical (unpaired) electrons. The summed E-state index contributed by atoms with van der Waals surface area (Å²) in [6.45, 7) is 2.21. The van der Waals surface area contributed by atoms with Crippen molar-refractivity contribution >= 4 is 5.69 Å². The van der Waals surface area contributed by atoms with Crippen LogP contribution in [0.25, 0.3) is 5.69 Å². The van der Waals surface area contributed by atoms with Crippen molar-refractivity contribution in [2.75, 3.05) is 5.73 Å². The van der Waals surface area contributed by atoms with Crippen molar-refractivity contribution < 1.29 is 0 Å². The quantitative estimate of drug-likeness (QED) is 0.777. The van der Waals surface area contributed by atoms with Crippen LogP contribution < -0.4 is 5.73 Å². The summed E-state index contributed by atoms with van der Waals surface area (Å²) in [4.78, 5) is 0. The lowest BCUT2D eigenvalue weighted by Crippen LogP contribution is -2.02. The second-order valence-corrected chi connectivity index (χ2v) is 4.03. The topological polar surface area (TPSA) is 30.9 Å². The molecule has 84 valence electrons. The number of anilines is 1. The minimum absolute atomic E-state index is 0.830. The molecule has 2 rings (SSSR count). The van der Waals surface area contributed by atoms with Crippen LogP contribution in [0, 0.1) is 0 Å². The normalized spacial score (nSPS) is 10.6. The van der Waals surface area contributed by atoms with Crippen molar-refractivity contribution in [3.05, 3.63) is 48.3 Å². The smallest absolute Gasteiger partial charge is 0.0682 e. The Labute approximate surface area is 96.7 Å². The van der Waals surface area contributed by atoms with E-state index in [-0.39, 0.29) is 0 Å². The van der Waals surface area contributed by atoms with E-state index in [0.717, 1.165) is 17.8 Å². The fraction of sp³-hybridized carbons (Fsp3) is 0.286. The summed E-state index contributed by atoms with van der Waals surface area (Å²) in [5, 5.41) is 0. The van der Waals surface area contributed by atoms with Gasteiger partial charge in [0.1, 0.15) is 0 Å². The molecule has 0 fully saturated rings. The largest absolute Gasteiger partial charge is 0.397 e. The third-order valence-corrected chi connectivity index (χ3v) is 2.82. The molecule has 2 N–H and O–H groups in total. The first-order valence-electron chi connectivity index (χ1n) is 5.84. The van der Waals surface area contributed by atoms with Gasteiger partial charge >= 0.3 is 0 Å². The average Bonchev–Trinajstić information content (AvgIpc) is 2.75. The van der Waals surface area contributed by atoms with E-state index < -0.39 is 0 Å². The van der Waals surface area contributed by atoms with Gasteiger partial charge in [-0.05, 0) is 37.1 Å². The molecule has 1 aromatic carbocycles. The number of unbranched alkanes of at least 4 members (excludes halogenated alkanes) is 1. The Hall–Kier alpha value is -1.70. The molecular formula is C14H18N2. The molecule has 2 heteroatoms. The average molecular weight is 214 g/mol. The number of nitrogens with two attached hydrogens (primary N) is 1. The third-order valence-electron chi connectivity index (χ3n) is 2.82. The molecule has 0 atom stereocenters. The van der Waals surface area contributed by atoms with Gasteiger partial charge in [0.15, 0.2) is 0 Å². The Morgan fingerprint density at radius 3 is 2.69 bits per heavy atom. The summed E-state index contributed by atoms with van der Waals surface area (Å²) in [5.74, 6) is 0. The Kier molecular flexibility index (Phi) is 3.30. The molecule has 0 aliphatic heterocycles. The van der Waals surface area contributed by atoms with Crippen molar-refractivity contribution in [1.29, 1.82) is 0 Å². The number of aromatic nitrogens is 1. The fourth-order valence-electron chi connectivity index (χ4n) is 1.92. The molecule has 2 aromatic rings. The minimum atomic E-state index is 0.830. The van der Waals surface area contributed by atoms with Gasteiger partial charge in [-0.2, -0.15) is 0 Å². The Balaban J connectivity index is 2.33. The van der Waals surface area contributed by atoms with Crippen LogP contribution >= 0.6 is 0 Å². The number of rotatable bonds is 4. The van der Waals surface area contributed by atoms with E-state index >= 15 is 0 Å². The molecule has 0 unspecified atom stereocenters. The van der Waals surface area contributed by atoms with Gasteiger partial charge in [-0.1, -0.05) is 25.5 Å². The molecule has 0 aliphatic rings. The maximum absolute atomic E-state index is 5.99. The number of para-hydroxylation sites is 2. The molecule has 0 aliphatic carbocycles. The molecule has 16 heavy (non-hydrogen) atoms. The molecule has 1 heterocycles. The highest BCUT2D eigenvalue weighted by Crippen LogP contribution is 2.20. The highest BCUT2D eigenvalue weighted by atomic mass is 15.0. The van der Waals surface area contributed by atoms with Crippen LogP contribution in [0.1, 0.15) is 25.5 Å². The zero-order valence-electron chi connectivity index (χ0n) is 9.69. The summed E-state index contributed by atoms with van der Waals surface area (Å²) in [7, 11) is 0. The van der Waals surface area contributed by atoms with Gasteiger partial charge in [-0.25, -0.2) is 0 Å². The SMILES string of the molecule is CCCCc1cccn1-c1ccccc1N. The van der Waals surface area contributed by atoms with Gasteiger partial charge in [0.05, 0.1) is 11.4 Å². The first-order chi connectivity index (χ1) is 7.83. The second kappa shape index (κ2) is 4.88. The van der Waals surface area contributed by atoms with E-state index in [4.69, 9.17) is 5.73 Å². The number of nitrogen functional groups attached to an aromatic ring is 1. The Morgan fingerprint density at radius 1 is 1.12 bits per heavy atom.